The van der Waals surface area contributed by atoms with E-state index in [0.717, 1.165) is 5.01 Å². The van der Waals surface area contributed by atoms with E-state index >= 15 is 0 Å². The van der Waals surface area contributed by atoms with Crippen molar-refractivity contribution in [1.29, 1.82) is 0 Å². The highest BCUT2D eigenvalue weighted by molar-refractivity contribution is 6.39. The average molecular weight is 285 g/mol. The van der Waals surface area contributed by atoms with Crippen LogP contribution >= 0.6 is 0 Å². The van der Waals surface area contributed by atoms with Crippen molar-refractivity contribution >= 4 is 29.5 Å². The fourth-order valence-corrected chi connectivity index (χ4v) is 1.60. The molecule has 0 saturated carbocycles. The number of amides is 2. The average Bonchev–Trinajstić information content (AvgIpc) is 2.36. The second-order valence-electron chi connectivity index (χ2n) is 4.26. The van der Waals surface area contributed by atoms with Gasteiger partial charge in [-0.25, -0.2) is 9.80 Å². The lowest BCUT2D eigenvalue weighted by Gasteiger charge is -2.20. The summed E-state index contributed by atoms with van der Waals surface area (Å²) in [6.07, 6.45) is -0.351. The second kappa shape index (κ2) is 6.64. The first kappa shape index (κ1) is 15.6. The lowest BCUT2D eigenvalue weighted by Crippen LogP contribution is -2.46. The SMILES string of the molecule is CN1N=C(C(=O)NC(CCC(=O)O)C(=O)O)CCC1=O. The Morgan fingerprint density at radius 1 is 1.35 bits per heavy atom. The van der Waals surface area contributed by atoms with Gasteiger partial charge in [-0.05, 0) is 6.42 Å². The number of carbonyl (C=O) groups excluding carboxylic acids is 2. The fourth-order valence-electron chi connectivity index (χ4n) is 1.60. The first-order valence-electron chi connectivity index (χ1n) is 5.90. The smallest absolute Gasteiger partial charge is 0.326 e. The van der Waals surface area contributed by atoms with Crippen LogP contribution in [0.4, 0.5) is 0 Å². The number of hydrogen-bond acceptors (Lipinski definition) is 5. The van der Waals surface area contributed by atoms with Gasteiger partial charge in [0.05, 0.1) is 0 Å². The minimum absolute atomic E-state index is 0.0497. The summed E-state index contributed by atoms with van der Waals surface area (Å²) in [6.45, 7) is 0. The molecule has 9 heteroatoms. The van der Waals surface area contributed by atoms with E-state index in [2.05, 4.69) is 10.4 Å². The van der Waals surface area contributed by atoms with Crippen molar-refractivity contribution in [3.63, 3.8) is 0 Å². The maximum atomic E-state index is 11.8. The van der Waals surface area contributed by atoms with Crippen LogP contribution in [0.3, 0.4) is 0 Å². The van der Waals surface area contributed by atoms with E-state index in [0.29, 0.717) is 0 Å². The minimum Gasteiger partial charge on any atom is -0.481 e. The van der Waals surface area contributed by atoms with Gasteiger partial charge < -0.3 is 15.5 Å². The summed E-state index contributed by atoms with van der Waals surface area (Å²) in [7, 11) is 1.40. The molecule has 1 rings (SSSR count). The van der Waals surface area contributed by atoms with E-state index in [4.69, 9.17) is 10.2 Å². The number of carboxylic acid groups (broad SMARTS) is 2. The molecule has 9 nitrogen and oxygen atoms in total. The second-order valence-corrected chi connectivity index (χ2v) is 4.26. The molecule has 1 aliphatic rings. The number of carbonyl (C=O) groups is 4. The predicted octanol–water partition coefficient (Wildman–Crippen LogP) is -0.971. The maximum absolute atomic E-state index is 11.8. The Labute approximate surface area is 114 Å². The third-order valence-corrected chi connectivity index (χ3v) is 2.72. The van der Waals surface area contributed by atoms with E-state index in [1.54, 1.807) is 0 Å². The normalized spacial score (nSPS) is 16.4. The molecule has 3 N–H and O–H groups in total. The summed E-state index contributed by atoms with van der Waals surface area (Å²) in [5.41, 5.74) is 0.0497. The molecule has 0 radical (unpaired) electrons. The standard InChI is InChI=1S/C11H15N3O6/c1-14-8(15)4-2-6(13-14)10(18)12-7(11(19)20)3-5-9(16)17/h7H,2-5H2,1H3,(H,12,18)(H,16,17)(H,19,20). The summed E-state index contributed by atoms with van der Waals surface area (Å²) in [5.74, 6) is -3.41. The van der Waals surface area contributed by atoms with Crippen molar-refractivity contribution in [2.75, 3.05) is 7.05 Å². The van der Waals surface area contributed by atoms with Gasteiger partial charge >= 0.3 is 11.9 Å². The van der Waals surface area contributed by atoms with Crippen LogP contribution in [-0.2, 0) is 19.2 Å². The Hall–Kier alpha value is -2.45. The monoisotopic (exact) mass is 285 g/mol. The van der Waals surface area contributed by atoms with Crippen LogP contribution in [0.1, 0.15) is 25.7 Å². The van der Waals surface area contributed by atoms with E-state index in [9.17, 15) is 19.2 Å². The number of nitrogens with zero attached hydrogens (tertiary/aromatic N) is 2. The number of nitrogens with one attached hydrogen (secondary N) is 1. The molecule has 1 heterocycles. The predicted molar refractivity (Wildman–Crippen MR) is 65.9 cm³/mol. The molecule has 2 amide bonds. The molecular formula is C11H15N3O6. The summed E-state index contributed by atoms with van der Waals surface area (Å²) < 4.78 is 0. The molecule has 0 saturated heterocycles. The van der Waals surface area contributed by atoms with Gasteiger partial charge in [0, 0.05) is 26.3 Å². The van der Waals surface area contributed by atoms with Gasteiger partial charge in [0.25, 0.3) is 5.91 Å². The van der Waals surface area contributed by atoms with Crippen LogP contribution in [0.15, 0.2) is 5.10 Å². The minimum atomic E-state index is -1.32. The van der Waals surface area contributed by atoms with E-state index in [1.807, 2.05) is 0 Å². The highest BCUT2D eigenvalue weighted by Gasteiger charge is 2.26. The first-order valence-corrected chi connectivity index (χ1v) is 5.90. The van der Waals surface area contributed by atoms with Crippen LogP contribution in [0.25, 0.3) is 0 Å². The third-order valence-electron chi connectivity index (χ3n) is 2.72. The van der Waals surface area contributed by atoms with Gasteiger partial charge in [0.15, 0.2) is 0 Å². The quantitative estimate of drug-likeness (QED) is 0.574. The summed E-state index contributed by atoms with van der Waals surface area (Å²) in [6, 6.07) is -1.30. The first-order chi connectivity index (χ1) is 9.31. The number of carboxylic acids is 2. The Bertz CT molecular complexity index is 473. The molecule has 0 aliphatic carbocycles. The molecule has 0 aromatic rings. The van der Waals surface area contributed by atoms with Crippen LogP contribution in [0, 0.1) is 0 Å². The number of hydrazone groups is 1. The highest BCUT2D eigenvalue weighted by Crippen LogP contribution is 2.08. The molecule has 110 valence electrons. The van der Waals surface area contributed by atoms with Crippen molar-refractivity contribution in [2.24, 2.45) is 5.10 Å². The van der Waals surface area contributed by atoms with Crippen LogP contribution < -0.4 is 5.32 Å². The summed E-state index contributed by atoms with van der Waals surface area (Å²) >= 11 is 0. The Balaban J connectivity index is 2.66. The molecule has 0 aromatic heterocycles. The van der Waals surface area contributed by atoms with Gasteiger partial charge in [0.1, 0.15) is 11.8 Å². The number of hydrogen-bond donors (Lipinski definition) is 3. The molecule has 20 heavy (non-hydrogen) atoms. The lowest BCUT2D eigenvalue weighted by molar-refractivity contribution is -0.142. The topological polar surface area (TPSA) is 136 Å². The largest absolute Gasteiger partial charge is 0.481 e. The zero-order valence-electron chi connectivity index (χ0n) is 10.8. The summed E-state index contributed by atoms with van der Waals surface area (Å²) in [5, 5.41) is 24.4. The van der Waals surface area contributed by atoms with E-state index in [1.165, 1.54) is 7.05 Å². The van der Waals surface area contributed by atoms with E-state index in [-0.39, 0.29) is 37.3 Å². The number of rotatable bonds is 6. The molecular weight excluding hydrogens is 270 g/mol. The van der Waals surface area contributed by atoms with Crippen molar-refractivity contribution in [1.82, 2.24) is 10.3 Å². The van der Waals surface area contributed by atoms with Gasteiger partial charge in [0.2, 0.25) is 5.91 Å². The van der Waals surface area contributed by atoms with E-state index < -0.39 is 23.9 Å². The van der Waals surface area contributed by atoms with Crippen molar-refractivity contribution in [3.05, 3.63) is 0 Å². The van der Waals surface area contributed by atoms with Crippen molar-refractivity contribution in [2.45, 2.75) is 31.7 Å². The molecule has 1 unspecified atom stereocenters. The van der Waals surface area contributed by atoms with Crippen LogP contribution in [0.5, 0.6) is 0 Å². The van der Waals surface area contributed by atoms with Gasteiger partial charge in [-0.3, -0.25) is 14.4 Å². The van der Waals surface area contributed by atoms with Crippen molar-refractivity contribution in [3.8, 4) is 0 Å². The van der Waals surface area contributed by atoms with Gasteiger partial charge in [-0.1, -0.05) is 0 Å². The van der Waals surface area contributed by atoms with Gasteiger partial charge in [-0.2, -0.15) is 5.10 Å². The van der Waals surface area contributed by atoms with Gasteiger partial charge in [-0.15, -0.1) is 0 Å². The van der Waals surface area contributed by atoms with Crippen LogP contribution in [-0.4, -0.2) is 57.8 Å². The molecule has 1 atom stereocenters. The Morgan fingerprint density at radius 2 is 2.00 bits per heavy atom. The lowest BCUT2D eigenvalue weighted by atomic mass is 10.1. The Morgan fingerprint density at radius 3 is 2.50 bits per heavy atom. The summed E-state index contributed by atoms with van der Waals surface area (Å²) in [4.78, 5) is 44.4. The highest BCUT2D eigenvalue weighted by atomic mass is 16.4. The van der Waals surface area contributed by atoms with Crippen LogP contribution in [0.2, 0.25) is 0 Å². The molecule has 1 aliphatic heterocycles. The molecule has 0 spiro atoms. The maximum Gasteiger partial charge on any atom is 0.326 e. The fraction of sp³-hybridized carbons (Fsp3) is 0.545. The molecule has 0 aromatic carbocycles. The third kappa shape index (κ3) is 4.34. The number of aliphatic carboxylic acids is 2. The molecule has 0 bridgehead atoms. The zero-order valence-corrected chi connectivity index (χ0v) is 10.8. The zero-order chi connectivity index (χ0) is 15.3. The Kier molecular flexibility index (Phi) is 5.18. The van der Waals surface area contributed by atoms with Crippen molar-refractivity contribution < 1.29 is 29.4 Å². The molecule has 0 fully saturated rings.